The lowest BCUT2D eigenvalue weighted by atomic mass is 10.1. The van der Waals surface area contributed by atoms with Crippen molar-refractivity contribution in [1.82, 2.24) is 20.2 Å². The fourth-order valence-corrected chi connectivity index (χ4v) is 4.77. The highest BCUT2D eigenvalue weighted by molar-refractivity contribution is 7.14. The van der Waals surface area contributed by atoms with Crippen LogP contribution in [0.3, 0.4) is 0 Å². The second-order valence-electron chi connectivity index (χ2n) is 8.37. The predicted octanol–water partition coefficient (Wildman–Crippen LogP) is 4.33. The lowest BCUT2D eigenvalue weighted by Gasteiger charge is -2.16. The first kappa shape index (κ1) is 26.2. The van der Waals surface area contributed by atoms with Crippen LogP contribution in [0.4, 0.5) is 5.69 Å². The number of carbonyl (C=O) groups excluding carboxylic acids is 2. The van der Waals surface area contributed by atoms with Crippen LogP contribution >= 0.6 is 11.3 Å². The molecule has 2 aromatic heterocycles. The van der Waals surface area contributed by atoms with Crippen LogP contribution < -0.4 is 16.4 Å². The maximum Gasteiger partial charge on any atom is 0.260 e. The summed E-state index contributed by atoms with van der Waals surface area (Å²) in [4.78, 5) is 37.5. The van der Waals surface area contributed by atoms with Gasteiger partial charge in [0.1, 0.15) is 5.01 Å². The van der Waals surface area contributed by atoms with Crippen molar-refractivity contribution in [2.24, 2.45) is 5.73 Å². The van der Waals surface area contributed by atoms with Crippen LogP contribution in [-0.4, -0.2) is 46.8 Å². The first-order chi connectivity index (χ1) is 16.9. The van der Waals surface area contributed by atoms with E-state index in [1.54, 1.807) is 19.2 Å². The van der Waals surface area contributed by atoms with Gasteiger partial charge in [0, 0.05) is 50.0 Å². The molecule has 3 heterocycles. The molecular formula is C26H34N6O2S. The van der Waals surface area contributed by atoms with Crippen LogP contribution in [-0.2, 0) is 4.79 Å². The van der Waals surface area contributed by atoms with Crippen LogP contribution in [0.15, 0.2) is 42.5 Å². The van der Waals surface area contributed by atoms with Crippen molar-refractivity contribution < 1.29 is 9.59 Å². The summed E-state index contributed by atoms with van der Waals surface area (Å²) in [5, 5.41) is 6.20. The molecule has 2 aromatic rings. The van der Waals surface area contributed by atoms with Crippen LogP contribution in [0.5, 0.6) is 0 Å². The molecular weight excluding hydrogens is 460 g/mol. The molecule has 1 aliphatic rings. The van der Waals surface area contributed by atoms with Crippen molar-refractivity contribution in [1.29, 1.82) is 0 Å². The van der Waals surface area contributed by atoms with Gasteiger partial charge in [0.15, 0.2) is 0 Å². The van der Waals surface area contributed by atoms with Gasteiger partial charge in [-0.3, -0.25) is 14.6 Å². The van der Waals surface area contributed by atoms with Crippen molar-refractivity contribution in [3.63, 3.8) is 0 Å². The number of nitrogens with zero attached hydrogens (tertiary/aromatic N) is 3. The summed E-state index contributed by atoms with van der Waals surface area (Å²) >= 11 is 1.44. The minimum absolute atomic E-state index is 0.230. The molecule has 0 radical (unpaired) electrons. The summed E-state index contributed by atoms with van der Waals surface area (Å²) in [5.41, 5.74) is 10.00. The van der Waals surface area contributed by atoms with E-state index in [4.69, 9.17) is 5.73 Å². The third kappa shape index (κ3) is 6.36. The number of aryl methyl sites for hydroxylation is 1. The molecule has 9 heteroatoms. The first-order valence-corrected chi connectivity index (χ1v) is 12.8. The summed E-state index contributed by atoms with van der Waals surface area (Å²) < 4.78 is 0. The Morgan fingerprint density at radius 3 is 2.71 bits per heavy atom. The van der Waals surface area contributed by atoms with Gasteiger partial charge >= 0.3 is 0 Å². The van der Waals surface area contributed by atoms with Gasteiger partial charge in [0.2, 0.25) is 0 Å². The van der Waals surface area contributed by atoms with E-state index in [1.165, 1.54) is 29.4 Å². The SMILES string of the molecule is CC/C=C/C(=C1/CCCN1C)c1cnc(/C(=C\N)C(=O)Nc2cc(C(=O)NCCC)cnc2C)s1. The molecule has 0 atom stereocenters. The number of rotatable bonds is 9. The van der Waals surface area contributed by atoms with Crippen LogP contribution in [0.25, 0.3) is 11.1 Å². The molecule has 1 saturated heterocycles. The number of likely N-dealkylation sites (tertiary alicyclic amines) is 1. The summed E-state index contributed by atoms with van der Waals surface area (Å²) in [6, 6.07) is 1.63. The van der Waals surface area contributed by atoms with E-state index in [-0.39, 0.29) is 11.5 Å². The van der Waals surface area contributed by atoms with Gasteiger partial charge in [0.25, 0.3) is 11.8 Å². The zero-order valence-corrected chi connectivity index (χ0v) is 21.7. The Morgan fingerprint density at radius 2 is 2.06 bits per heavy atom. The van der Waals surface area contributed by atoms with E-state index in [2.05, 4.69) is 51.6 Å². The topological polar surface area (TPSA) is 113 Å². The smallest absolute Gasteiger partial charge is 0.260 e. The van der Waals surface area contributed by atoms with Gasteiger partial charge in [0.05, 0.1) is 27.4 Å². The van der Waals surface area contributed by atoms with E-state index in [9.17, 15) is 9.59 Å². The zero-order chi connectivity index (χ0) is 25.4. The average Bonchev–Trinajstić information content (AvgIpc) is 3.49. The van der Waals surface area contributed by atoms with Gasteiger partial charge in [-0.25, -0.2) is 4.98 Å². The fourth-order valence-electron chi connectivity index (χ4n) is 3.79. The van der Waals surface area contributed by atoms with Crippen molar-refractivity contribution in [2.45, 2.75) is 46.5 Å². The Kier molecular flexibility index (Phi) is 9.19. The normalized spacial score (nSPS) is 15.5. The molecule has 0 aromatic carbocycles. The Labute approximate surface area is 211 Å². The van der Waals surface area contributed by atoms with Crippen LogP contribution in [0.1, 0.15) is 65.5 Å². The quantitative estimate of drug-likeness (QED) is 0.447. The van der Waals surface area contributed by atoms with Gasteiger partial charge in [-0.1, -0.05) is 26.0 Å². The molecule has 2 amide bonds. The number of nitrogens with one attached hydrogen (secondary N) is 2. The molecule has 0 bridgehead atoms. The second kappa shape index (κ2) is 12.3. The Bertz CT molecular complexity index is 1160. The number of carbonyl (C=O) groups is 2. The zero-order valence-electron chi connectivity index (χ0n) is 20.9. The van der Waals surface area contributed by atoms with E-state index >= 15 is 0 Å². The van der Waals surface area contributed by atoms with Crippen LogP contribution in [0.2, 0.25) is 0 Å². The van der Waals surface area contributed by atoms with Crippen molar-refractivity contribution in [3.8, 4) is 0 Å². The number of hydrogen-bond donors (Lipinski definition) is 3. The number of allylic oxidation sites excluding steroid dienone is 4. The number of aromatic nitrogens is 2. The number of amides is 2. The Hall–Kier alpha value is -3.46. The summed E-state index contributed by atoms with van der Waals surface area (Å²) in [6.07, 6.45) is 12.8. The van der Waals surface area contributed by atoms with Gasteiger partial charge in [-0.2, -0.15) is 0 Å². The highest BCUT2D eigenvalue weighted by Crippen LogP contribution is 2.34. The van der Waals surface area contributed by atoms with Crippen molar-refractivity contribution in [2.75, 3.05) is 25.5 Å². The molecule has 0 spiro atoms. The molecule has 0 saturated carbocycles. The van der Waals surface area contributed by atoms with Gasteiger partial charge < -0.3 is 21.3 Å². The third-order valence-corrected chi connectivity index (χ3v) is 6.81. The van der Waals surface area contributed by atoms with E-state index in [0.717, 1.165) is 42.7 Å². The number of thiazole rings is 1. The number of pyridine rings is 1. The van der Waals surface area contributed by atoms with Crippen molar-refractivity contribution >= 4 is 40.0 Å². The van der Waals surface area contributed by atoms with Gasteiger partial charge in [-0.05, 0) is 38.7 Å². The highest BCUT2D eigenvalue weighted by atomic mass is 32.1. The minimum Gasteiger partial charge on any atom is -0.404 e. The fraction of sp³-hybridized carbons (Fsp3) is 0.385. The Balaban J connectivity index is 1.85. The van der Waals surface area contributed by atoms with E-state index in [1.807, 2.05) is 6.92 Å². The highest BCUT2D eigenvalue weighted by Gasteiger charge is 2.22. The minimum atomic E-state index is -0.402. The molecule has 4 N–H and O–H groups in total. The lowest BCUT2D eigenvalue weighted by molar-refractivity contribution is -0.111. The molecule has 1 fully saturated rings. The van der Waals surface area contributed by atoms with Gasteiger partial charge in [-0.15, -0.1) is 11.3 Å². The molecule has 35 heavy (non-hydrogen) atoms. The maximum absolute atomic E-state index is 13.2. The van der Waals surface area contributed by atoms with Crippen molar-refractivity contribution in [3.05, 3.63) is 63.7 Å². The maximum atomic E-state index is 13.2. The summed E-state index contributed by atoms with van der Waals surface area (Å²) in [7, 11) is 2.11. The molecule has 3 rings (SSSR count). The Morgan fingerprint density at radius 1 is 1.26 bits per heavy atom. The summed E-state index contributed by atoms with van der Waals surface area (Å²) in [5.74, 6) is -0.632. The second-order valence-corrected chi connectivity index (χ2v) is 9.40. The predicted molar refractivity (Wildman–Crippen MR) is 143 cm³/mol. The number of hydrogen-bond acceptors (Lipinski definition) is 7. The number of anilines is 1. The van der Waals surface area contributed by atoms with Crippen LogP contribution in [0, 0.1) is 6.92 Å². The van der Waals surface area contributed by atoms with E-state index < -0.39 is 5.91 Å². The average molecular weight is 495 g/mol. The third-order valence-electron chi connectivity index (χ3n) is 5.74. The summed E-state index contributed by atoms with van der Waals surface area (Å²) in [6.45, 7) is 7.46. The molecule has 0 aliphatic carbocycles. The molecule has 0 unspecified atom stereocenters. The lowest BCUT2D eigenvalue weighted by Crippen LogP contribution is -2.24. The first-order valence-electron chi connectivity index (χ1n) is 11.9. The molecule has 8 nitrogen and oxygen atoms in total. The molecule has 1 aliphatic heterocycles. The van der Waals surface area contributed by atoms with E-state index in [0.29, 0.717) is 28.5 Å². The number of nitrogens with two attached hydrogens (primary N) is 1. The largest absolute Gasteiger partial charge is 0.404 e. The molecule has 186 valence electrons. The monoisotopic (exact) mass is 494 g/mol. The standard InChI is InChI=1S/C26H34N6O2S/c1-5-7-9-19(22-10-8-12-32(22)4)23-16-30-26(35-23)20(14-27)25(34)31-21-13-18(15-29-17(21)3)24(33)28-11-6-2/h7,9,13-16H,5-6,8,10-12,27H2,1-4H3,(H,28,33)(H,31,34)/b9-7+,20-14-,22-19+.